The molecular weight excluding hydrogens is 238 g/mol. The number of aliphatic hydroxyl groups excluding tert-OH is 1. The SMILES string of the molecule is CN(C)c1ccc(N2CCN(CCCO)CC2)cc1. The molecule has 0 aromatic heterocycles. The summed E-state index contributed by atoms with van der Waals surface area (Å²) in [6.07, 6.45) is 0.886. The number of hydrogen-bond acceptors (Lipinski definition) is 4. The summed E-state index contributed by atoms with van der Waals surface area (Å²) in [5, 5.41) is 8.86. The summed E-state index contributed by atoms with van der Waals surface area (Å²) in [6, 6.07) is 8.76. The molecule has 4 heteroatoms. The first-order valence-electron chi connectivity index (χ1n) is 7.06. The highest BCUT2D eigenvalue weighted by molar-refractivity contribution is 5.56. The first-order chi connectivity index (χ1) is 9.20. The van der Waals surface area contributed by atoms with E-state index in [-0.39, 0.29) is 0 Å². The van der Waals surface area contributed by atoms with Crippen molar-refractivity contribution >= 4 is 11.4 Å². The van der Waals surface area contributed by atoms with E-state index in [4.69, 9.17) is 5.11 Å². The zero-order valence-electron chi connectivity index (χ0n) is 12.0. The summed E-state index contributed by atoms with van der Waals surface area (Å²) in [7, 11) is 4.13. The first kappa shape index (κ1) is 14.2. The van der Waals surface area contributed by atoms with E-state index < -0.39 is 0 Å². The maximum Gasteiger partial charge on any atom is 0.0443 e. The highest BCUT2D eigenvalue weighted by Gasteiger charge is 2.16. The van der Waals surface area contributed by atoms with Crippen molar-refractivity contribution in [1.29, 1.82) is 0 Å². The maximum absolute atomic E-state index is 8.86. The van der Waals surface area contributed by atoms with E-state index in [9.17, 15) is 0 Å². The second-order valence-corrected chi connectivity index (χ2v) is 5.32. The molecule has 1 N–H and O–H groups in total. The van der Waals surface area contributed by atoms with Gasteiger partial charge in [0.2, 0.25) is 0 Å². The number of nitrogens with zero attached hydrogens (tertiary/aromatic N) is 3. The Morgan fingerprint density at radius 3 is 2.21 bits per heavy atom. The van der Waals surface area contributed by atoms with Crippen molar-refractivity contribution in [3.63, 3.8) is 0 Å². The van der Waals surface area contributed by atoms with E-state index in [0.29, 0.717) is 6.61 Å². The van der Waals surface area contributed by atoms with Gasteiger partial charge < -0.3 is 14.9 Å². The largest absolute Gasteiger partial charge is 0.396 e. The van der Waals surface area contributed by atoms with Crippen molar-refractivity contribution < 1.29 is 5.11 Å². The maximum atomic E-state index is 8.86. The second kappa shape index (κ2) is 6.78. The zero-order chi connectivity index (χ0) is 13.7. The summed E-state index contributed by atoms with van der Waals surface area (Å²) in [6.45, 7) is 5.65. The molecular formula is C15H25N3O. The Morgan fingerprint density at radius 1 is 1.05 bits per heavy atom. The van der Waals surface area contributed by atoms with Gasteiger partial charge in [-0.05, 0) is 30.7 Å². The van der Waals surface area contributed by atoms with Gasteiger partial charge in [0, 0.05) is 64.8 Å². The van der Waals surface area contributed by atoms with Crippen molar-refractivity contribution in [2.45, 2.75) is 6.42 Å². The van der Waals surface area contributed by atoms with Gasteiger partial charge in [-0.1, -0.05) is 0 Å². The highest BCUT2D eigenvalue weighted by Crippen LogP contribution is 2.20. The lowest BCUT2D eigenvalue weighted by molar-refractivity contribution is 0.216. The van der Waals surface area contributed by atoms with Crippen LogP contribution in [0.15, 0.2) is 24.3 Å². The van der Waals surface area contributed by atoms with Crippen molar-refractivity contribution in [2.75, 3.05) is 63.2 Å². The fraction of sp³-hybridized carbons (Fsp3) is 0.600. The van der Waals surface area contributed by atoms with E-state index in [1.165, 1.54) is 11.4 Å². The van der Waals surface area contributed by atoms with Crippen LogP contribution in [-0.2, 0) is 0 Å². The van der Waals surface area contributed by atoms with Gasteiger partial charge in [0.25, 0.3) is 0 Å². The van der Waals surface area contributed by atoms with E-state index in [0.717, 1.165) is 39.1 Å². The minimum Gasteiger partial charge on any atom is -0.396 e. The van der Waals surface area contributed by atoms with Gasteiger partial charge in [-0.2, -0.15) is 0 Å². The molecule has 1 aromatic rings. The number of anilines is 2. The van der Waals surface area contributed by atoms with Crippen LogP contribution in [0.3, 0.4) is 0 Å². The van der Waals surface area contributed by atoms with Crippen LogP contribution in [0.25, 0.3) is 0 Å². The van der Waals surface area contributed by atoms with E-state index >= 15 is 0 Å². The van der Waals surface area contributed by atoms with Crippen LogP contribution in [0.4, 0.5) is 11.4 Å². The van der Waals surface area contributed by atoms with E-state index in [2.05, 4.69) is 53.1 Å². The fourth-order valence-corrected chi connectivity index (χ4v) is 2.49. The van der Waals surface area contributed by atoms with E-state index in [1.54, 1.807) is 0 Å². The Kier molecular flexibility index (Phi) is 5.05. The Hall–Kier alpha value is -1.26. The molecule has 0 aliphatic carbocycles. The standard InChI is InChI=1S/C15H25N3O/c1-16(2)14-4-6-15(7-5-14)18-11-9-17(10-12-18)8-3-13-19/h4-7,19H,3,8-13H2,1-2H3. The molecule has 1 saturated heterocycles. The third kappa shape index (κ3) is 3.85. The lowest BCUT2D eigenvalue weighted by atomic mass is 10.2. The number of rotatable bonds is 5. The lowest BCUT2D eigenvalue weighted by Gasteiger charge is -2.36. The molecule has 0 saturated carbocycles. The highest BCUT2D eigenvalue weighted by atomic mass is 16.3. The van der Waals surface area contributed by atoms with Crippen LogP contribution in [0, 0.1) is 0 Å². The minimum atomic E-state index is 0.298. The molecule has 4 nitrogen and oxygen atoms in total. The zero-order valence-corrected chi connectivity index (χ0v) is 12.0. The Bertz CT molecular complexity index is 369. The summed E-state index contributed by atoms with van der Waals surface area (Å²) in [5.41, 5.74) is 2.55. The molecule has 0 unspecified atom stereocenters. The van der Waals surface area contributed by atoms with Crippen LogP contribution in [0.5, 0.6) is 0 Å². The smallest absolute Gasteiger partial charge is 0.0443 e. The second-order valence-electron chi connectivity index (χ2n) is 5.32. The van der Waals surface area contributed by atoms with Crippen LogP contribution in [-0.4, -0.2) is 63.4 Å². The van der Waals surface area contributed by atoms with Crippen molar-refractivity contribution in [1.82, 2.24) is 4.90 Å². The Morgan fingerprint density at radius 2 is 1.68 bits per heavy atom. The third-order valence-electron chi connectivity index (χ3n) is 3.74. The Labute approximate surface area is 116 Å². The monoisotopic (exact) mass is 263 g/mol. The average molecular weight is 263 g/mol. The predicted octanol–water partition coefficient (Wildman–Crippen LogP) is 1.26. The minimum absolute atomic E-state index is 0.298. The summed E-state index contributed by atoms with van der Waals surface area (Å²) < 4.78 is 0. The third-order valence-corrected chi connectivity index (χ3v) is 3.74. The molecule has 2 rings (SSSR count). The normalized spacial score (nSPS) is 16.7. The summed E-state index contributed by atoms with van der Waals surface area (Å²) in [4.78, 5) is 6.99. The van der Waals surface area contributed by atoms with Crippen LogP contribution in [0.1, 0.15) is 6.42 Å². The van der Waals surface area contributed by atoms with Gasteiger partial charge >= 0.3 is 0 Å². The van der Waals surface area contributed by atoms with Gasteiger partial charge in [0.1, 0.15) is 0 Å². The molecule has 19 heavy (non-hydrogen) atoms. The molecule has 0 atom stereocenters. The molecule has 1 aromatic carbocycles. The molecule has 106 valence electrons. The van der Waals surface area contributed by atoms with Crippen molar-refractivity contribution in [2.24, 2.45) is 0 Å². The van der Waals surface area contributed by atoms with Crippen molar-refractivity contribution in [3.8, 4) is 0 Å². The van der Waals surface area contributed by atoms with Gasteiger partial charge in [-0.3, -0.25) is 4.90 Å². The predicted molar refractivity (Wildman–Crippen MR) is 81.1 cm³/mol. The summed E-state index contributed by atoms with van der Waals surface area (Å²) in [5.74, 6) is 0. The molecule has 1 heterocycles. The van der Waals surface area contributed by atoms with E-state index in [1.807, 2.05) is 0 Å². The molecule has 0 amide bonds. The van der Waals surface area contributed by atoms with Gasteiger partial charge in [0.15, 0.2) is 0 Å². The van der Waals surface area contributed by atoms with Gasteiger partial charge in [0.05, 0.1) is 0 Å². The quantitative estimate of drug-likeness (QED) is 0.866. The van der Waals surface area contributed by atoms with Gasteiger partial charge in [-0.25, -0.2) is 0 Å². The average Bonchev–Trinajstić information content (AvgIpc) is 2.46. The molecule has 0 radical (unpaired) electrons. The van der Waals surface area contributed by atoms with Crippen molar-refractivity contribution in [3.05, 3.63) is 24.3 Å². The lowest BCUT2D eigenvalue weighted by Crippen LogP contribution is -2.46. The first-order valence-corrected chi connectivity index (χ1v) is 7.06. The topological polar surface area (TPSA) is 30.0 Å². The molecule has 0 spiro atoms. The number of aliphatic hydroxyl groups is 1. The number of hydrogen-bond donors (Lipinski definition) is 1. The Balaban J connectivity index is 1.87. The van der Waals surface area contributed by atoms with Crippen LogP contribution >= 0.6 is 0 Å². The molecule has 1 aliphatic heterocycles. The summed E-state index contributed by atoms with van der Waals surface area (Å²) >= 11 is 0. The fourth-order valence-electron chi connectivity index (χ4n) is 2.49. The molecule has 0 bridgehead atoms. The number of benzene rings is 1. The van der Waals surface area contributed by atoms with Crippen LogP contribution < -0.4 is 9.80 Å². The molecule has 1 aliphatic rings. The van der Waals surface area contributed by atoms with Crippen LogP contribution in [0.2, 0.25) is 0 Å². The molecule has 1 fully saturated rings. The number of piperazine rings is 1. The van der Waals surface area contributed by atoms with Gasteiger partial charge in [-0.15, -0.1) is 0 Å².